The van der Waals surface area contributed by atoms with Crippen molar-refractivity contribution < 1.29 is 0 Å². The molecule has 1 aliphatic carbocycles. The van der Waals surface area contributed by atoms with Gasteiger partial charge in [-0.2, -0.15) is 5.26 Å². The van der Waals surface area contributed by atoms with Crippen molar-refractivity contribution in [2.24, 2.45) is 7.05 Å². The zero-order valence-electron chi connectivity index (χ0n) is 8.83. The summed E-state index contributed by atoms with van der Waals surface area (Å²) in [6, 6.07) is 2.10. The molecular formula is C11H14ClN3. The molecule has 0 aromatic carbocycles. The maximum Gasteiger partial charge on any atom is 0.132 e. The second kappa shape index (κ2) is 4.24. The molecule has 2 rings (SSSR count). The van der Waals surface area contributed by atoms with E-state index in [1.54, 1.807) is 0 Å². The standard InChI is InChI=1S/C11H14ClN3/c1-15-10(12)9(6-7-13)14-11(15)8-4-2-3-5-8/h8H,2-6H2,1H3. The van der Waals surface area contributed by atoms with Gasteiger partial charge in [0.2, 0.25) is 0 Å². The summed E-state index contributed by atoms with van der Waals surface area (Å²) < 4.78 is 1.93. The van der Waals surface area contributed by atoms with Crippen LogP contribution in [-0.4, -0.2) is 9.55 Å². The summed E-state index contributed by atoms with van der Waals surface area (Å²) in [7, 11) is 1.93. The Bertz CT molecular complexity index is 397. The highest BCUT2D eigenvalue weighted by atomic mass is 35.5. The van der Waals surface area contributed by atoms with Crippen LogP contribution in [0.25, 0.3) is 0 Å². The molecule has 1 saturated carbocycles. The van der Waals surface area contributed by atoms with E-state index < -0.39 is 0 Å². The van der Waals surface area contributed by atoms with E-state index in [4.69, 9.17) is 16.9 Å². The van der Waals surface area contributed by atoms with Crippen LogP contribution < -0.4 is 0 Å². The molecule has 0 N–H and O–H groups in total. The van der Waals surface area contributed by atoms with Gasteiger partial charge in [-0.1, -0.05) is 24.4 Å². The van der Waals surface area contributed by atoms with Crippen LogP contribution in [-0.2, 0) is 13.5 Å². The van der Waals surface area contributed by atoms with Crippen LogP contribution in [0.3, 0.4) is 0 Å². The highest BCUT2D eigenvalue weighted by molar-refractivity contribution is 6.30. The Morgan fingerprint density at radius 1 is 1.53 bits per heavy atom. The summed E-state index contributed by atoms with van der Waals surface area (Å²) in [5, 5.41) is 9.28. The molecule has 0 atom stereocenters. The van der Waals surface area contributed by atoms with E-state index in [1.165, 1.54) is 25.7 Å². The van der Waals surface area contributed by atoms with Crippen molar-refractivity contribution in [3.63, 3.8) is 0 Å². The molecule has 0 unspecified atom stereocenters. The van der Waals surface area contributed by atoms with Gasteiger partial charge >= 0.3 is 0 Å². The molecule has 0 saturated heterocycles. The van der Waals surface area contributed by atoms with Crippen molar-refractivity contribution in [2.75, 3.05) is 0 Å². The van der Waals surface area contributed by atoms with E-state index in [0.29, 0.717) is 17.5 Å². The van der Waals surface area contributed by atoms with E-state index in [1.807, 2.05) is 11.6 Å². The highest BCUT2D eigenvalue weighted by Gasteiger charge is 2.23. The van der Waals surface area contributed by atoms with Crippen LogP contribution in [0.15, 0.2) is 0 Å². The van der Waals surface area contributed by atoms with Crippen LogP contribution >= 0.6 is 11.6 Å². The summed E-state index contributed by atoms with van der Waals surface area (Å²) in [5.74, 6) is 1.60. The van der Waals surface area contributed by atoms with Gasteiger partial charge in [-0.3, -0.25) is 0 Å². The maximum absolute atomic E-state index is 8.65. The molecule has 1 aromatic rings. The molecule has 15 heavy (non-hydrogen) atoms. The Labute approximate surface area is 94.7 Å². The van der Waals surface area contributed by atoms with Gasteiger partial charge in [-0.25, -0.2) is 4.98 Å². The van der Waals surface area contributed by atoms with E-state index >= 15 is 0 Å². The van der Waals surface area contributed by atoms with E-state index in [2.05, 4.69) is 11.1 Å². The number of aromatic nitrogens is 2. The third-order valence-electron chi connectivity index (χ3n) is 3.09. The van der Waals surface area contributed by atoms with Crippen LogP contribution in [0.4, 0.5) is 0 Å². The van der Waals surface area contributed by atoms with Crippen molar-refractivity contribution in [3.05, 3.63) is 16.7 Å². The third-order valence-corrected chi connectivity index (χ3v) is 3.56. The average molecular weight is 224 g/mol. The first-order chi connectivity index (χ1) is 7.24. The quantitative estimate of drug-likeness (QED) is 0.774. The highest BCUT2D eigenvalue weighted by Crippen LogP contribution is 2.35. The normalized spacial score (nSPS) is 16.9. The Morgan fingerprint density at radius 2 is 2.20 bits per heavy atom. The lowest BCUT2D eigenvalue weighted by atomic mass is 10.1. The topological polar surface area (TPSA) is 41.6 Å². The van der Waals surface area contributed by atoms with Gasteiger partial charge in [0.1, 0.15) is 11.0 Å². The third kappa shape index (κ3) is 1.87. The lowest BCUT2D eigenvalue weighted by Crippen LogP contribution is -2.02. The fraction of sp³-hybridized carbons (Fsp3) is 0.636. The minimum atomic E-state index is 0.305. The van der Waals surface area contributed by atoms with E-state index in [9.17, 15) is 0 Å². The summed E-state index contributed by atoms with van der Waals surface area (Å²) in [6.45, 7) is 0. The molecule has 1 heterocycles. The van der Waals surface area contributed by atoms with Crippen LogP contribution in [0.1, 0.15) is 43.1 Å². The number of nitrogens with zero attached hydrogens (tertiary/aromatic N) is 3. The minimum absolute atomic E-state index is 0.305. The van der Waals surface area contributed by atoms with Crippen molar-refractivity contribution in [2.45, 2.75) is 38.0 Å². The first-order valence-electron chi connectivity index (χ1n) is 5.32. The van der Waals surface area contributed by atoms with Gasteiger partial charge in [0.05, 0.1) is 18.2 Å². The molecule has 4 heteroatoms. The Kier molecular flexibility index (Phi) is 2.97. The smallest absolute Gasteiger partial charge is 0.132 e. The Balaban J connectivity index is 2.32. The predicted molar refractivity (Wildman–Crippen MR) is 58.7 cm³/mol. The van der Waals surface area contributed by atoms with E-state index in [-0.39, 0.29) is 0 Å². The van der Waals surface area contributed by atoms with Crippen molar-refractivity contribution in [3.8, 4) is 6.07 Å². The van der Waals surface area contributed by atoms with Gasteiger partial charge < -0.3 is 4.57 Å². The molecule has 80 valence electrons. The summed E-state index contributed by atoms with van der Waals surface area (Å²) in [6.07, 6.45) is 5.27. The number of nitriles is 1. The number of hydrogen-bond acceptors (Lipinski definition) is 2. The molecular weight excluding hydrogens is 210 g/mol. The van der Waals surface area contributed by atoms with Crippen LogP contribution in [0, 0.1) is 11.3 Å². The van der Waals surface area contributed by atoms with Gasteiger partial charge in [0, 0.05) is 13.0 Å². The zero-order chi connectivity index (χ0) is 10.8. The fourth-order valence-electron chi connectivity index (χ4n) is 2.29. The molecule has 3 nitrogen and oxygen atoms in total. The first-order valence-corrected chi connectivity index (χ1v) is 5.69. The average Bonchev–Trinajstić information content (AvgIpc) is 2.82. The summed E-state index contributed by atoms with van der Waals surface area (Å²) >= 11 is 6.12. The molecule has 0 spiro atoms. The monoisotopic (exact) mass is 223 g/mol. The van der Waals surface area contributed by atoms with E-state index in [0.717, 1.165) is 11.5 Å². The molecule has 0 radical (unpaired) electrons. The largest absolute Gasteiger partial charge is 0.322 e. The van der Waals surface area contributed by atoms with Crippen molar-refractivity contribution in [1.29, 1.82) is 5.26 Å². The van der Waals surface area contributed by atoms with Crippen LogP contribution in [0.5, 0.6) is 0 Å². The fourth-order valence-corrected chi connectivity index (χ4v) is 2.49. The van der Waals surface area contributed by atoms with Crippen molar-refractivity contribution >= 4 is 11.6 Å². The van der Waals surface area contributed by atoms with Gasteiger partial charge in [-0.05, 0) is 12.8 Å². The minimum Gasteiger partial charge on any atom is -0.322 e. The number of imidazole rings is 1. The molecule has 0 bridgehead atoms. The Morgan fingerprint density at radius 3 is 2.80 bits per heavy atom. The SMILES string of the molecule is Cn1c(C2CCCC2)nc(CC#N)c1Cl. The summed E-state index contributed by atoms with van der Waals surface area (Å²) in [4.78, 5) is 4.49. The van der Waals surface area contributed by atoms with Gasteiger partial charge in [0.25, 0.3) is 0 Å². The molecule has 0 aliphatic heterocycles. The van der Waals surface area contributed by atoms with Crippen LogP contribution in [0.2, 0.25) is 5.15 Å². The maximum atomic E-state index is 8.65. The van der Waals surface area contributed by atoms with Crippen molar-refractivity contribution in [1.82, 2.24) is 9.55 Å². The van der Waals surface area contributed by atoms with Gasteiger partial charge in [-0.15, -0.1) is 0 Å². The molecule has 1 aromatic heterocycles. The lowest BCUT2D eigenvalue weighted by Gasteiger charge is -2.08. The van der Waals surface area contributed by atoms with Gasteiger partial charge in [0.15, 0.2) is 0 Å². The number of halogens is 1. The lowest BCUT2D eigenvalue weighted by molar-refractivity contribution is 0.632. The summed E-state index contributed by atoms with van der Waals surface area (Å²) in [5.41, 5.74) is 0.726. The first kappa shape index (κ1) is 10.5. The molecule has 1 aliphatic rings. The molecule has 1 fully saturated rings. The second-order valence-corrected chi connectivity index (χ2v) is 4.44. The zero-order valence-corrected chi connectivity index (χ0v) is 9.59. The molecule has 0 amide bonds. The number of rotatable bonds is 2. The number of hydrogen-bond donors (Lipinski definition) is 0. The Hall–Kier alpha value is -1.01. The predicted octanol–water partition coefficient (Wildman–Crippen LogP) is 2.80. The second-order valence-electron chi connectivity index (χ2n) is 4.08.